The minimum atomic E-state index is 0.843. The van der Waals surface area contributed by atoms with Gasteiger partial charge in [0.2, 0.25) is 0 Å². The summed E-state index contributed by atoms with van der Waals surface area (Å²) >= 11 is 3.38. The second-order valence-corrected chi connectivity index (χ2v) is 4.91. The third-order valence-corrected chi connectivity index (χ3v) is 2.89. The Kier molecular flexibility index (Phi) is 4.23. The minimum absolute atomic E-state index is 0.843. The Balaban J connectivity index is 1.93. The Morgan fingerprint density at radius 1 is 1.12 bits per heavy atom. The first-order valence-corrected chi connectivity index (χ1v) is 6.21. The molecule has 17 heavy (non-hydrogen) atoms. The maximum absolute atomic E-state index is 4.36. The molecule has 0 saturated heterocycles. The van der Waals surface area contributed by atoms with E-state index < -0.39 is 0 Å². The fourth-order valence-electron chi connectivity index (χ4n) is 1.63. The van der Waals surface area contributed by atoms with Gasteiger partial charge in [-0.05, 0) is 52.8 Å². The molecule has 0 bridgehead atoms. The number of nitrogens with zero attached hydrogens (tertiary/aromatic N) is 3. The van der Waals surface area contributed by atoms with Gasteiger partial charge in [-0.2, -0.15) is 0 Å². The fraction of sp³-hybridized carbons (Fsp3) is 0.231. The Bertz CT molecular complexity index is 456. The Morgan fingerprint density at radius 2 is 1.88 bits per heavy atom. The summed E-state index contributed by atoms with van der Waals surface area (Å²) in [7, 11) is 2.09. The first kappa shape index (κ1) is 12.2. The van der Waals surface area contributed by atoms with Crippen LogP contribution in [-0.2, 0) is 13.1 Å². The zero-order chi connectivity index (χ0) is 12.1. The van der Waals surface area contributed by atoms with E-state index in [1.807, 2.05) is 42.9 Å². The van der Waals surface area contributed by atoms with E-state index in [2.05, 4.69) is 37.8 Å². The van der Waals surface area contributed by atoms with Crippen molar-refractivity contribution < 1.29 is 0 Å². The molecule has 0 aliphatic carbocycles. The molecule has 0 aromatic carbocycles. The van der Waals surface area contributed by atoms with Gasteiger partial charge in [0.05, 0.1) is 5.69 Å². The summed E-state index contributed by atoms with van der Waals surface area (Å²) < 4.78 is 1.01. The first-order valence-electron chi connectivity index (χ1n) is 5.42. The first-order chi connectivity index (χ1) is 8.24. The Hall–Kier alpha value is -1.26. The number of halogens is 1. The summed E-state index contributed by atoms with van der Waals surface area (Å²) in [5.74, 6) is 0. The summed E-state index contributed by atoms with van der Waals surface area (Å²) in [6.07, 6.45) is 5.47. The van der Waals surface area contributed by atoms with Crippen LogP contribution in [0, 0.1) is 0 Å². The number of rotatable bonds is 4. The molecule has 0 saturated carbocycles. The standard InChI is InChI=1S/C13H14BrN3/c1-17(9-11-4-6-15-7-5-11)10-13-3-2-12(14)8-16-13/h2-8H,9-10H2,1H3. The van der Waals surface area contributed by atoms with Gasteiger partial charge >= 0.3 is 0 Å². The molecule has 4 heteroatoms. The predicted molar refractivity (Wildman–Crippen MR) is 71.3 cm³/mol. The second kappa shape index (κ2) is 5.89. The molecule has 2 rings (SSSR count). The average Bonchev–Trinajstić information content (AvgIpc) is 2.33. The number of hydrogen-bond donors (Lipinski definition) is 0. The highest BCUT2D eigenvalue weighted by Crippen LogP contribution is 2.10. The van der Waals surface area contributed by atoms with E-state index in [-0.39, 0.29) is 0 Å². The summed E-state index contributed by atoms with van der Waals surface area (Å²) in [6.45, 7) is 1.75. The monoisotopic (exact) mass is 291 g/mol. The van der Waals surface area contributed by atoms with Gasteiger partial charge in [-0.25, -0.2) is 0 Å². The van der Waals surface area contributed by atoms with Crippen LogP contribution in [0.15, 0.2) is 47.3 Å². The zero-order valence-corrected chi connectivity index (χ0v) is 11.3. The zero-order valence-electron chi connectivity index (χ0n) is 9.68. The van der Waals surface area contributed by atoms with Gasteiger partial charge in [0.1, 0.15) is 0 Å². The van der Waals surface area contributed by atoms with Crippen LogP contribution in [0.3, 0.4) is 0 Å². The molecule has 0 N–H and O–H groups in total. The maximum atomic E-state index is 4.36. The highest BCUT2D eigenvalue weighted by atomic mass is 79.9. The SMILES string of the molecule is CN(Cc1ccncc1)Cc1ccc(Br)cn1. The topological polar surface area (TPSA) is 29.0 Å². The number of pyridine rings is 2. The highest BCUT2D eigenvalue weighted by Gasteiger charge is 2.02. The lowest BCUT2D eigenvalue weighted by Crippen LogP contribution is -2.17. The van der Waals surface area contributed by atoms with Crippen LogP contribution < -0.4 is 0 Å². The largest absolute Gasteiger partial charge is 0.296 e. The van der Waals surface area contributed by atoms with Crippen LogP contribution in [0.4, 0.5) is 0 Å². The van der Waals surface area contributed by atoms with E-state index >= 15 is 0 Å². The fourth-order valence-corrected chi connectivity index (χ4v) is 1.87. The van der Waals surface area contributed by atoms with Crippen molar-refractivity contribution in [2.45, 2.75) is 13.1 Å². The molecular formula is C13H14BrN3. The molecule has 0 aliphatic heterocycles. The number of hydrogen-bond acceptors (Lipinski definition) is 3. The van der Waals surface area contributed by atoms with E-state index in [0.717, 1.165) is 23.3 Å². The van der Waals surface area contributed by atoms with E-state index in [0.29, 0.717) is 0 Å². The average molecular weight is 292 g/mol. The lowest BCUT2D eigenvalue weighted by atomic mass is 10.2. The van der Waals surface area contributed by atoms with Crippen LogP contribution in [-0.4, -0.2) is 21.9 Å². The van der Waals surface area contributed by atoms with Gasteiger partial charge < -0.3 is 0 Å². The highest BCUT2D eigenvalue weighted by molar-refractivity contribution is 9.10. The van der Waals surface area contributed by atoms with E-state index in [1.54, 1.807) is 0 Å². The van der Waals surface area contributed by atoms with E-state index in [1.165, 1.54) is 5.56 Å². The second-order valence-electron chi connectivity index (χ2n) is 4.00. The smallest absolute Gasteiger partial charge is 0.0544 e. The molecule has 0 radical (unpaired) electrons. The van der Waals surface area contributed by atoms with E-state index in [9.17, 15) is 0 Å². The minimum Gasteiger partial charge on any atom is -0.296 e. The Morgan fingerprint density at radius 3 is 2.53 bits per heavy atom. The lowest BCUT2D eigenvalue weighted by Gasteiger charge is -2.15. The van der Waals surface area contributed by atoms with Crippen LogP contribution in [0.2, 0.25) is 0 Å². The van der Waals surface area contributed by atoms with Gasteiger partial charge in [-0.3, -0.25) is 14.9 Å². The number of aromatic nitrogens is 2. The van der Waals surface area contributed by atoms with Crippen molar-refractivity contribution in [2.24, 2.45) is 0 Å². The molecule has 0 unspecified atom stereocenters. The van der Waals surface area contributed by atoms with Gasteiger partial charge in [0.25, 0.3) is 0 Å². The van der Waals surface area contributed by atoms with Crippen LogP contribution >= 0.6 is 15.9 Å². The van der Waals surface area contributed by atoms with Crippen molar-refractivity contribution in [1.29, 1.82) is 0 Å². The molecular weight excluding hydrogens is 278 g/mol. The summed E-state index contributed by atoms with van der Waals surface area (Å²) in [4.78, 5) is 10.6. The normalized spacial score (nSPS) is 10.8. The molecule has 0 fully saturated rings. The molecule has 88 valence electrons. The molecule has 2 aromatic heterocycles. The van der Waals surface area contributed by atoms with Crippen LogP contribution in [0.1, 0.15) is 11.3 Å². The summed E-state index contributed by atoms with van der Waals surface area (Å²) in [5, 5.41) is 0. The molecule has 0 aliphatic rings. The molecule has 0 amide bonds. The molecule has 2 aromatic rings. The van der Waals surface area contributed by atoms with Crippen molar-refractivity contribution in [2.75, 3.05) is 7.05 Å². The molecule has 2 heterocycles. The third-order valence-electron chi connectivity index (χ3n) is 2.42. The van der Waals surface area contributed by atoms with Crippen molar-refractivity contribution >= 4 is 15.9 Å². The van der Waals surface area contributed by atoms with Gasteiger partial charge in [-0.1, -0.05) is 0 Å². The predicted octanol–water partition coefficient (Wildman–Crippen LogP) is 2.87. The van der Waals surface area contributed by atoms with Crippen molar-refractivity contribution in [3.8, 4) is 0 Å². The van der Waals surface area contributed by atoms with Crippen molar-refractivity contribution in [1.82, 2.24) is 14.9 Å². The van der Waals surface area contributed by atoms with Crippen LogP contribution in [0.25, 0.3) is 0 Å². The van der Waals surface area contributed by atoms with Gasteiger partial charge in [0.15, 0.2) is 0 Å². The van der Waals surface area contributed by atoms with Crippen molar-refractivity contribution in [3.05, 3.63) is 58.6 Å². The summed E-state index contributed by atoms with van der Waals surface area (Å²) in [6, 6.07) is 8.12. The molecule has 0 atom stereocenters. The Labute approximate surface area is 110 Å². The van der Waals surface area contributed by atoms with Gasteiger partial charge in [-0.15, -0.1) is 0 Å². The summed E-state index contributed by atoms with van der Waals surface area (Å²) in [5.41, 5.74) is 2.34. The maximum Gasteiger partial charge on any atom is 0.0544 e. The third kappa shape index (κ3) is 3.91. The molecule has 0 spiro atoms. The lowest BCUT2D eigenvalue weighted by molar-refractivity contribution is 0.315. The van der Waals surface area contributed by atoms with Gasteiger partial charge in [0, 0.05) is 36.2 Å². The van der Waals surface area contributed by atoms with Crippen molar-refractivity contribution in [3.63, 3.8) is 0 Å². The van der Waals surface area contributed by atoms with Crippen LogP contribution in [0.5, 0.6) is 0 Å². The quantitative estimate of drug-likeness (QED) is 0.867. The molecule has 3 nitrogen and oxygen atoms in total. The van der Waals surface area contributed by atoms with E-state index in [4.69, 9.17) is 0 Å².